The molecule has 12 aromatic rings. The number of primary amides is 1. The number of aromatic nitrogens is 4. The Balaban J connectivity index is 0.000000197. The van der Waals surface area contributed by atoms with Crippen LogP contribution in [0.1, 0.15) is 157 Å². The summed E-state index contributed by atoms with van der Waals surface area (Å²) in [6, 6.07) is 74.5. The minimum Gasteiger partial charge on any atom is -0.497 e. The van der Waals surface area contributed by atoms with E-state index in [0.717, 1.165) is 156 Å². The highest BCUT2D eigenvalue weighted by Crippen LogP contribution is 2.20. The topological polar surface area (TPSA) is 180 Å². The number of carbonyl (C=O) groups excluding carboxylic acids is 1. The van der Waals surface area contributed by atoms with Gasteiger partial charge < -0.3 is 41.6 Å². The van der Waals surface area contributed by atoms with Crippen molar-refractivity contribution in [2.45, 2.75) is 189 Å². The number of hydrogen-bond donors (Lipinski definition) is 7. The molecule has 8 N–H and O–H groups in total. The van der Waals surface area contributed by atoms with E-state index in [1.54, 1.807) is 37.6 Å². The second-order valence-electron chi connectivity index (χ2n) is 30.0. The SMILES string of the molecule is C.CC(Cc1ccc(F)c(F)c1)NCCCc1ccc2n[nH]nc2c1.COc1ccc(CCCN[C@@H](C)Cc2ccccc2)cc1.Cc1cc(CC(C)NCCCc2ccc3cnoc3c2)ccc1F.Cc1cccc(CC(C)NCCCc2ccc(C(N)=O)cc2)c1.Cc1cccc(CC(C)NCCCc2ccc(F)cc2)c1. The lowest BCUT2D eigenvalue weighted by Crippen LogP contribution is -2.29. The van der Waals surface area contributed by atoms with E-state index in [4.69, 9.17) is 15.0 Å². The number of benzene rings is 10. The number of ether oxygens (including phenoxy) is 1. The molecule has 0 saturated heterocycles. The number of H-pyrrole nitrogens is 1. The zero-order valence-electron chi connectivity index (χ0n) is 67.6. The molecule has 5 atom stereocenters. The molecule has 0 bridgehead atoms. The maximum atomic E-state index is 13.3. The summed E-state index contributed by atoms with van der Waals surface area (Å²) in [6.07, 6.45) is 16.9. The average Bonchev–Trinajstić information content (AvgIpc) is 1.74. The van der Waals surface area contributed by atoms with E-state index in [1.807, 2.05) is 80.6 Å². The predicted molar refractivity (Wildman–Crippen MR) is 463 cm³/mol. The summed E-state index contributed by atoms with van der Waals surface area (Å²) in [5.41, 5.74) is 24.2. The quantitative estimate of drug-likeness (QED) is 0.0145. The van der Waals surface area contributed by atoms with Crippen LogP contribution in [0.3, 0.4) is 0 Å². The first-order valence-electron chi connectivity index (χ1n) is 40.1. The van der Waals surface area contributed by atoms with E-state index in [1.165, 1.54) is 85.5 Å². The Morgan fingerprint density at radius 3 is 1.29 bits per heavy atom. The molecular weight excluding hydrogens is 1430 g/mol. The van der Waals surface area contributed by atoms with E-state index >= 15 is 0 Å². The number of fused-ring (bicyclic) bond motifs is 2. The summed E-state index contributed by atoms with van der Waals surface area (Å²) in [7, 11) is 1.70. The van der Waals surface area contributed by atoms with Gasteiger partial charge in [-0.2, -0.15) is 15.4 Å². The lowest BCUT2D eigenvalue weighted by atomic mass is 10.0. The van der Waals surface area contributed by atoms with Gasteiger partial charge >= 0.3 is 0 Å². The zero-order valence-corrected chi connectivity index (χ0v) is 67.6. The van der Waals surface area contributed by atoms with Gasteiger partial charge in [0.25, 0.3) is 0 Å². The zero-order chi connectivity index (χ0) is 80.5. The van der Waals surface area contributed by atoms with Crippen LogP contribution in [0, 0.1) is 44.0 Å². The lowest BCUT2D eigenvalue weighted by molar-refractivity contribution is 0.1000. The fraction of sp³-hybridized carbons (Fsp3) is 0.361. The predicted octanol–water partition coefficient (Wildman–Crippen LogP) is 19.8. The van der Waals surface area contributed by atoms with Crippen LogP contribution in [0.15, 0.2) is 235 Å². The first kappa shape index (κ1) is 91.0. The number of nitrogens with two attached hydrogens (primary N) is 1. The summed E-state index contributed by atoms with van der Waals surface area (Å²) in [6.45, 7) is 21.8. The van der Waals surface area contributed by atoms with Crippen LogP contribution in [-0.4, -0.2) is 96.5 Å². The van der Waals surface area contributed by atoms with Crippen molar-refractivity contribution in [2.75, 3.05) is 39.8 Å². The number of aromatic amines is 1. The molecular formula is C97H122F4N10O3. The van der Waals surface area contributed by atoms with Gasteiger partial charge in [-0.05, 0) is 324 Å². The Kier molecular flexibility index (Phi) is 40.1. The molecule has 17 heteroatoms. The van der Waals surface area contributed by atoms with Gasteiger partial charge in [-0.1, -0.05) is 169 Å². The highest BCUT2D eigenvalue weighted by Gasteiger charge is 2.12. The van der Waals surface area contributed by atoms with Gasteiger partial charge in [0.1, 0.15) is 28.4 Å². The number of carbonyl (C=O) groups is 1. The van der Waals surface area contributed by atoms with Crippen molar-refractivity contribution in [1.29, 1.82) is 0 Å². The van der Waals surface area contributed by atoms with Gasteiger partial charge in [0, 0.05) is 41.2 Å². The molecule has 0 spiro atoms. The number of amides is 1. The van der Waals surface area contributed by atoms with Gasteiger partial charge in [0.05, 0.1) is 13.3 Å². The van der Waals surface area contributed by atoms with E-state index in [2.05, 4.69) is 198 Å². The summed E-state index contributed by atoms with van der Waals surface area (Å²) in [4.78, 5) is 11.0. The van der Waals surface area contributed by atoms with Crippen LogP contribution >= 0.6 is 0 Å². The van der Waals surface area contributed by atoms with Crippen LogP contribution < -0.4 is 37.1 Å². The van der Waals surface area contributed by atoms with Gasteiger partial charge in [-0.3, -0.25) is 4.79 Å². The molecule has 114 heavy (non-hydrogen) atoms. The maximum Gasteiger partial charge on any atom is 0.248 e. The molecule has 4 unspecified atom stereocenters. The van der Waals surface area contributed by atoms with Crippen molar-refractivity contribution >= 4 is 27.9 Å². The molecule has 0 saturated carbocycles. The van der Waals surface area contributed by atoms with Crippen LogP contribution in [0.4, 0.5) is 17.6 Å². The third kappa shape index (κ3) is 34.7. The highest BCUT2D eigenvalue weighted by atomic mass is 19.2. The van der Waals surface area contributed by atoms with Gasteiger partial charge in [-0.25, -0.2) is 17.6 Å². The number of hydrogen-bond acceptors (Lipinski definition) is 11. The maximum absolute atomic E-state index is 13.3. The molecule has 0 aliphatic rings. The third-order valence-electron chi connectivity index (χ3n) is 19.7. The first-order chi connectivity index (χ1) is 54.7. The minimum atomic E-state index is -0.802. The van der Waals surface area contributed by atoms with E-state index in [9.17, 15) is 22.4 Å². The number of methoxy groups -OCH3 is 1. The smallest absolute Gasteiger partial charge is 0.248 e. The van der Waals surface area contributed by atoms with Crippen molar-refractivity contribution in [3.05, 3.63) is 332 Å². The minimum absolute atomic E-state index is 0. The second kappa shape index (κ2) is 50.2. The molecule has 12 rings (SSSR count). The van der Waals surface area contributed by atoms with Crippen molar-refractivity contribution in [2.24, 2.45) is 5.73 Å². The van der Waals surface area contributed by atoms with Crippen molar-refractivity contribution in [1.82, 2.24) is 47.2 Å². The van der Waals surface area contributed by atoms with Crippen molar-refractivity contribution < 1.29 is 31.6 Å². The summed E-state index contributed by atoms with van der Waals surface area (Å²) in [5.74, 6) is -1.34. The number of aryl methyl sites for hydroxylation is 8. The Hall–Kier alpha value is -10.1. The van der Waals surface area contributed by atoms with Crippen molar-refractivity contribution in [3.8, 4) is 5.75 Å². The molecule has 1 amide bonds. The number of nitrogens with one attached hydrogen (secondary N) is 6. The largest absolute Gasteiger partial charge is 0.497 e. The lowest BCUT2D eigenvalue weighted by Gasteiger charge is -2.14. The fourth-order valence-corrected chi connectivity index (χ4v) is 13.5. The molecule has 2 heterocycles. The monoisotopic (exact) mass is 1550 g/mol. The molecule has 0 aliphatic carbocycles. The molecule has 0 fully saturated rings. The van der Waals surface area contributed by atoms with Crippen LogP contribution in [-0.2, 0) is 64.2 Å². The molecule has 0 radical (unpaired) electrons. The summed E-state index contributed by atoms with van der Waals surface area (Å²) >= 11 is 0. The van der Waals surface area contributed by atoms with Gasteiger partial charge in [0.2, 0.25) is 5.91 Å². The van der Waals surface area contributed by atoms with E-state index in [0.29, 0.717) is 41.7 Å². The number of rotatable bonds is 37. The van der Waals surface area contributed by atoms with Gasteiger partial charge in [-0.15, -0.1) is 0 Å². The van der Waals surface area contributed by atoms with Gasteiger partial charge in [0.15, 0.2) is 17.2 Å². The summed E-state index contributed by atoms with van der Waals surface area (Å²) in [5, 5.41) is 33.3. The third-order valence-corrected chi connectivity index (χ3v) is 19.7. The molecule has 2 aromatic heterocycles. The Morgan fingerprint density at radius 2 is 0.816 bits per heavy atom. The van der Waals surface area contributed by atoms with Crippen LogP contribution in [0.25, 0.3) is 22.0 Å². The van der Waals surface area contributed by atoms with Crippen LogP contribution in [0.2, 0.25) is 0 Å². The highest BCUT2D eigenvalue weighted by molar-refractivity contribution is 5.92. The molecule has 606 valence electrons. The average molecular weight is 1550 g/mol. The first-order valence-corrected chi connectivity index (χ1v) is 40.1. The number of nitrogens with zero attached hydrogens (tertiary/aromatic N) is 3. The second-order valence-corrected chi connectivity index (χ2v) is 30.0. The molecule has 10 aromatic carbocycles. The van der Waals surface area contributed by atoms with E-state index in [-0.39, 0.29) is 31.0 Å². The Morgan fingerprint density at radius 1 is 0.412 bits per heavy atom. The normalized spacial score (nSPS) is 12.3. The Bertz CT molecular complexity index is 4550. The molecule has 13 nitrogen and oxygen atoms in total. The number of halogens is 4. The Labute approximate surface area is 675 Å². The van der Waals surface area contributed by atoms with E-state index < -0.39 is 11.6 Å². The fourth-order valence-electron chi connectivity index (χ4n) is 13.5. The molecule has 0 aliphatic heterocycles. The standard InChI is InChI=1S/C20H23FN2O.C20H26N2O.C19H24FN.C19H25NO.C18H20F2N4.CH4/c1-14-10-17(6-8-19(14)21)11-15(2)22-9-3-4-16-5-7-18-13-23-24-20(18)12-16;1-15-5-3-6-18(13-15)14-16(2)22-12-4-7-17-8-10-19(11-9-17)20(21)23;1-15-5-3-6-18(13-15)14-16(2)21-12-4-7-17-8-10-19(20)11-9-17;1-16(15-18-7-4-3-5-8-18)20-14-6-9-17-10-12-19(21-2)13-11-17;1-12(9-14-4-6-15(19)16(20)10-14)21-8-2-3-13-5-7-17-18(11-13)23-24-22-17;/h5-8,10,12-13,15,22H,3-4,9,11H2,1-2H3;3,5-6,8-11,13,16,22H,4,7,12,14H2,1-2H3,(H2,21,23);3,5-6,8-11,13,16,21H,4,7,12,14H2,1-2H3;3-5,7-8,10-13,16,20H,6,9,14-15H2,1-2H3;4-7,10-12,21H,2-3,8-9H2,1H3,(H,22,23,24);1H4/t;;;16-;;/m...0../s1. The summed E-state index contributed by atoms with van der Waals surface area (Å²) < 4.78 is 62.6. The van der Waals surface area contributed by atoms with Crippen LogP contribution in [0.5, 0.6) is 5.75 Å². The van der Waals surface area contributed by atoms with Crippen molar-refractivity contribution in [3.63, 3.8) is 0 Å².